The Kier molecular flexibility index (Phi) is 5.34. The zero-order valence-electron chi connectivity index (χ0n) is 13.8. The smallest absolute Gasteiger partial charge is 0.256 e. The highest BCUT2D eigenvalue weighted by Crippen LogP contribution is 2.10. The van der Waals surface area contributed by atoms with Crippen LogP contribution in [-0.4, -0.2) is 16.8 Å². The Morgan fingerprint density at radius 3 is 2.38 bits per heavy atom. The van der Waals surface area contributed by atoms with E-state index in [1.54, 1.807) is 42.5 Å². The molecule has 0 saturated carbocycles. The van der Waals surface area contributed by atoms with Crippen LogP contribution in [0, 0.1) is 5.82 Å². The molecule has 1 heterocycles. The maximum absolute atomic E-state index is 13.6. The fraction of sp³-hybridized carbons (Fsp3) is 0.0500. The second kappa shape index (κ2) is 8.02. The molecule has 0 aliphatic heterocycles. The number of halogens is 1. The normalized spacial score (nSPS) is 10.2. The molecule has 0 bridgehead atoms. The van der Waals surface area contributed by atoms with Crippen molar-refractivity contribution in [2.75, 3.05) is 5.32 Å². The van der Waals surface area contributed by atoms with E-state index in [4.69, 9.17) is 0 Å². The summed E-state index contributed by atoms with van der Waals surface area (Å²) < 4.78 is 13.6. The Morgan fingerprint density at radius 2 is 1.62 bits per heavy atom. The second-order valence-electron chi connectivity index (χ2n) is 5.52. The summed E-state index contributed by atoms with van der Waals surface area (Å²) in [5, 5.41) is 5.30. The number of carbonyl (C=O) groups is 2. The van der Waals surface area contributed by atoms with Crippen LogP contribution in [0.3, 0.4) is 0 Å². The predicted molar refractivity (Wildman–Crippen MR) is 96.2 cm³/mol. The molecule has 2 aromatic carbocycles. The van der Waals surface area contributed by atoms with Crippen LogP contribution < -0.4 is 10.6 Å². The summed E-state index contributed by atoms with van der Waals surface area (Å²) in [7, 11) is 0. The summed E-state index contributed by atoms with van der Waals surface area (Å²) in [6, 6.07) is 17.9. The number of anilines is 1. The maximum Gasteiger partial charge on any atom is 0.256 e. The van der Waals surface area contributed by atoms with E-state index in [0.717, 1.165) is 0 Å². The largest absolute Gasteiger partial charge is 0.348 e. The summed E-state index contributed by atoms with van der Waals surface area (Å²) >= 11 is 0. The van der Waals surface area contributed by atoms with Crippen LogP contribution in [0.15, 0.2) is 72.9 Å². The number of nitrogens with zero attached hydrogens (tertiary/aromatic N) is 1. The van der Waals surface area contributed by atoms with Gasteiger partial charge in [0.1, 0.15) is 11.6 Å². The lowest BCUT2D eigenvalue weighted by molar-refractivity contribution is 0.0949. The zero-order chi connectivity index (χ0) is 18.4. The van der Waals surface area contributed by atoms with Crippen LogP contribution in [0.5, 0.6) is 0 Å². The van der Waals surface area contributed by atoms with E-state index in [1.165, 1.54) is 24.4 Å². The van der Waals surface area contributed by atoms with Crippen molar-refractivity contribution >= 4 is 17.6 Å². The number of carbonyl (C=O) groups excluding carboxylic acids is 2. The SMILES string of the molecule is O=C(NCc1ccccc1F)c1ccnc(NC(=O)c2ccccc2)c1. The zero-order valence-corrected chi connectivity index (χ0v) is 13.8. The molecule has 0 aliphatic rings. The molecule has 2 amide bonds. The second-order valence-corrected chi connectivity index (χ2v) is 5.52. The van der Waals surface area contributed by atoms with Gasteiger partial charge in [-0.3, -0.25) is 9.59 Å². The maximum atomic E-state index is 13.6. The van der Waals surface area contributed by atoms with Crippen molar-refractivity contribution in [2.45, 2.75) is 6.54 Å². The highest BCUT2D eigenvalue weighted by atomic mass is 19.1. The van der Waals surface area contributed by atoms with Gasteiger partial charge in [-0.05, 0) is 30.3 Å². The number of pyridine rings is 1. The Bertz CT molecular complexity index is 929. The van der Waals surface area contributed by atoms with E-state index in [1.807, 2.05) is 6.07 Å². The van der Waals surface area contributed by atoms with Crippen molar-refractivity contribution in [3.05, 3.63) is 95.4 Å². The third-order valence-electron chi connectivity index (χ3n) is 3.70. The number of benzene rings is 2. The fourth-order valence-electron chi connectivity index (χ4n) is 2.34. The van der Waals surface area contributed by atoms with E-state index >= 15 is 0 Å². The van der Waals surface area contributed by atoms with Crippen molar-refractivity contribution in [3.63, 3.8) is 0 Å². The van der Waals surface area contributed by atoms with Gasteiger partial charge in [0, 0.05) is 29.4 Å². The van der Waals surface area contributed by atoms with E-state index in [0.29, 0.717) is 16.7 Å². The summed E-state index contributed by atoms with van der Waals surface area (Å²) in [5.74, 6) is -0.816. The summed E-state index contributed by atoms with van der Waals surface area (Å²) in [4.78, 5) is 28.5. The molecule has 3 aromatic rings. The monoisotopic (exact) mass is 349 g/mol. The van der Waals surface area contributed by atoms with Gasteiger partial charge in [0.05, 0.1) is 0 Å². The fourth-order valence-corrected chi connectivity index (χ4v) is 2.34. The number of hydrogen-bond acceptors (Lipinski definition) is 3. The first kappa shape index (κ1) is 17.3. The van der Waals surface area contributed by atoms with Crippen molar-refractivity contribution in [1.29, 1.82) is 0 Å². The average Bonchev–Trinajstić information content (AvgIpc) is 2.68. The number of hydrogen-bond donors (Lipinski definition) is 2. The Labute approximate surface area is 149 Å². The lowest BCUT2D eigenvalue weighted by Gasteiger charge is -2.08. The molecule has 0 fully saturated rings. The summed E-state index contributed by atoms with van der Waals surface area (Å²) in [5.41, 5.74) is 1.20. The Morgan fingerprint density at radius 1 is 0.885 bits per heavy atom. The average molecular weight is 349 g/mol. The molecule has 1 aromatic heterocycles. The van der Waals surface area contributed by atoms with Crippen LogP contribution in [0.1, 0.15) is 26.3 Å². The van der Waals surface area contributed by atoms with Gasteiger partial charge >= 0.3 is 0 Å². The van der Waals surface area contributed by atoms with Gasteiger partial charge in [0.15, 0.2) is 0 Å². The highest BCUT2D eigenvalue weighted by Gasteiger charge is 2.10. The van der Waals surface area contributed by atoms with E-state index < -0.39 is 0 Å². The van der Waals surface area contributed by atoms with Gasteiger partial charge in [0.2, 0.25) is 0 Å². The molecular weight excluding hydrogens is 333 g/mol. The highest BCUT2D eigenvalue weighted by molar-refractivity contribution is 6.04. The molecule has 26 heavy (non-hydrogen) atoms. The van der Waals surface area contributed by atoms with Gasteiger partial charge < -0.3 is 10.6 Å². The molecule has 0 radical (unpaired) electrons. The Hall–Kier alpha value is -3.54. The minimum Gasteiger partial charge on any atom is -0.348 e. The lowest BCUT2D eigenvalue weighted by Crippen LogP contribution is -2.23. The summed E-state index contributed by atoms with van der Waals surface area (Å²) in [6.45, 7) is 0.0690. The van der Waals surface area contributed by atoms with E-state index in [2.05, 4.69) is 15.6 Å². The third kappa shape index (κ3) is 4.30. The van der Waals surface area contributed by atoms with Crippen molar-refractivity contribution in [2.24, 2.45) is 0 Å². The first-order valence-electron chi connectivity index (χ1n) is 7.97. The minimum absolute atomic E-state index is 0.0690. The standard InChI is InChI=1S/C20H16FN3O2/c21-17-9-5-4-8-16(17)13-23-19(25)15-10-11-22-18(12-15)24-20(26)14-6-2-1-3-7-14/h1-12H,13H2,(H,23,25)(H,22,24,26). The van der Waals surface area contributed by atoms with E-state index in [-0.39, 0.29) is 30.0 Å². The van der Waals surface area contributed by atoms with Crippen molar-refractivity contribution in [3.8, 4) is 0 Å². The molecule has 0 atom stereocenters. The quantitative estimate of drug-likeness (QED) is 0.742. The molecule has 0 spiro atoms. The van der Waals surface area contributed by atoms with Gasteiger partial charge in [-0.15, -0.1) is 0 Å². The van der Waals surface area contributed by atoms with Crippen LogP contribution in [0.2, 0.25) is 0 Å². The molecule has 2 N–H and O–H groups in total. The molecule has 0 aliphatic carbocycles. The number of aromatic nitrogens is 1. The molecule has 5 nitrogen and oxygen atoms in total. The number of rotatable bonds is 5. The van der Waals surface area contributed by atoms with Gasteiger partial charge in [0.25, 0.3) is 11.8 Å². The van der Waals surface area contributed by atoms with Gasteiger partial charge in [-0.1, -0.05) is 36.4 Å². The number of nitrogens with one attached hydrogen (secondary N) is 2. The summed E-state index contributed by atoms with van der Waals surface area (Å²) in [6.07, 6.45) is 1.43. The van der Waals surface area contributed by atoms with Crippen LogP contribution in [-0.2, 0) is 6.54 Å². The van der Waals surface area contributed by atoms with Crippen molar-refractivity contribution in [1.82, 2.24) is 10.3 Å². The molecule has 3 rings (SSSR count). The molecule has 130 valence electrons. The molecule has 6 heteroatoms. The van der Waals surface area contributed by atoms with Crippen LogP contribution in [0.25, 0.3) is 0 Å². The molecular formula is C20H16FN3O2. The lowest BCUT2D eigenvalue weighted by atomic mass is 10.2. The first-order valence-corrected chi connectivity index (χ1v) is 7.97. The first-order chi connectivity index (χ1) is 12.6. The Balaban J connectivity index is 1.66. The molecule has 0 unspecified atom stereocenters. The number of amides is 2. The van der Waals surface area contributed by atoms with Crippen molar-refractivity contribution < 1.29 is 14.0 Å². The minimum atomic E-state index is -0.383. The van der Waals surface area contributed by atoms with E-state index in [9.17, 15) is 14.0 Å². The molecule has 0 saturated heterocycles. The van der Waals surface area contributed by atoms with Crippen LogP contribution >= 0.6 is 0 Å². The van der Waals surface area contributed by atoms with Gasteiger partial charge in [-0.2, -0.15) is 0 Å². The predicted octanol–water partition coefficient (Wildman–Crippen LogP) is 3.40. The third-order valence-corrected chi connectivity index (χ3v) is 3.70. The van der Waals surface area contributed by atoms with Crippen LogP contribution in [0.4, 0.5) is 10.2 Å². The van der Waals surface area contributed by atoms with Gasteiger partial charge in [-0.25, -0.2) is 9.37 Å². The topological polar surface area (TPSA) is 71.1 Å².